The van der Waals surface area contributed by atoms with Crippen molar-refractivity contribution in [1.82, 2.24) is 14.8 Å². The summed E-state index contributed by atoms with van der Waals surface area (Å²) in [4.78, 5) is 16.2. The van der Waals surface area contributed by atoms with Gasteiger partial charge in [0, 0.05) is 24.9 Å². The summed E-state index contributed by atoms with van der Waals surface area (Å²) in [5.41, 5.74) is 4.41. The van der Waals surface area contributed by atoms with Crippen LogP contribution in [0.5, 0.6) is 0 Å². The highest BCUT2D eigenvalue weighted by Gasteiger charge is 2.12. The van der Waals surface area contributed by atoms with Crippen LogP contribution in [0, 0.1) is 20.8 Å². The van der Waals surface area contributed by atoms with Crippen LogP contribution < -0.4 is 5.32 Å². The molecule has 1 amide bonds. The minimum Gasteiger partial charge on any atom is -0.311 e. The largest absolute Gasteiger partial charge is 0.311 e. The van der Waals surface area contributed by atoms with Gasteiger partial charge in [-0.15, -0.1) is 0 Å². The molecule has 0 aliphatic rings. The van der Waals surface area contributed by atoms with Crippen LogP contribution in [0.1, 0.15) is 35.9 Å². The molecule has 5 heteroatoms. The number of pyridine rings is 1. The SMILES string of the molecule is CCn1nc(C)c(CCC(=O)Nc2cc(C)ccn2)c1C. The number of aryl methyl sites for hydroxylation is 3. The third kappa shape index (κ3) is 3.68. The lowest BCUT2D eigenvalue weighted by Crippen LogP contribution is -2.13. The molecule has 112 valence electrons. The van der Waals surface area contributed by atoms with Gasteiger partial charge >= 0.3 is 0 Å². The molecule has 0 saturated heterocycles. The molecule has 0 aromatic carbocycles. The van der Waals surface area contributed by atoms with Gasteiger partial charge in [0.05, 0.1) is 5.69 Å². The summed E-state index contributed by atoms with van der Waals surface area (Å²) < 4.78 is 1.98. The van der Waals surface area contributed by atoms with Crippen molar-refractivity contribution in [1.29, 1.82) is 0 Å². The van der Waals surface area contributed by atoms with E-state index in [2.05, 4.69) is 29.2 Å². The number of amides is 1. The van der Waals surface area contributed by atoms with E-state index in [0.717, 1.165) is 23.5 Å². The molecule has 0 fully saturated rings. The second-order valence-corrected chi connectivity index (χ2v) is 5.23. The van der Waals surface area contributed by atoms with Gasteiger partial charge in [0.25, 0.3) is 0 Å². The molecule has 2 heterocycles. The fourth-order valence-corrected chi connectivity index (χ4v) is 2.45. The second-order valence-electron chi connectivity index (χ2n) is 5.23. The Labute approximate surface area is 125 Å². The van der Waals surface area contributed by atoms with Gasteiger partial charge in [-0.05, 0) is 57.4 Å². The van der Waals surface area contributed by atoms with Crippen molar-refractivity contribution in [2.75, 3.05) is 5.32 Å². The van der Waals surface area contributed by atoms with Crippen molar-refractivity contribution in [2.45, 2.75) is 47.1 Å². The van der Waals surface area contributed by atoms with Crippen LogP contribution in [0.4, 0.5) is 5.82 Å². The average molecular weight is 286 g/mol. The zero-order chi connectivity index (χ0) is 15.4. The first-order valence-electron chi connectivity index (χ1n) is 7.26. The Morgan fingerprint density at radius 3 is 2.71 bits per heavy atom. The van der Waals surface area contributed by atoms with Gasteiger partial charge in [0.1, 0.15) is 5.82 Å². The number of hydrogen-bond donors (Lipinski definition) is 1. The smallest absolute Gasteiger partial charge is 0.225 e. The van der Waals surface area contributed by atoms with Gasteiger partial charge in [0.15, 0.2) is 0 Å². The highest BCUT2D eigenvalue weighted by atomic mass is 16.1. The summed E-state index contributed by atoms with van der Waals surface area (Å²) in [6, 6.07) is 3.77. The molecule has 0 radical (unpaired) electrons. The van der Waals surface area contributed by atoms with Crippen molar-refractivity contribution < 1.29 is 4.79 Å². The van der Waals surface area contributed by atoms with Crippen molar-refractivity contribution in [3.05, 3.63) is 40.8 Å². The summed E-state index contributed by atoms with van der Waals surface area (Å²) in [7, 11) is 0. The maximum absolute atomic E-state index is 12.0. The Hall–Kier alpha value is -2.17. The summed E-state index contributed by atoms with van der Waals surface area (Å²) in [6.45, 7) is 8.95. The normalized spacial score (nSPS) is 10.7. The molecule has 0 aliphatic heterocycles. The lowest BCUT2D eigenvalue weighted by molar-refractivity contribution is -0.116. The lowest BCUT2D eigenvalue weighted by Gasteiger charge is -2.06. The maximum atomic E-state index is 12.0. The Kier molecular flexibility index (Phi) is 4.73. The average Bonchev–Trinajstić information content (AvgIpc) is 2.71. The second kappa shape index (κ2) is 6.52. The van der Waals surface area contributed by atoms with Gasteiger partial charge in [-0.2, -0.15) is 5.10 Å². The number of aromatic nitrogens is 3. The van der Waals surface area contributed by atoms with Crippen LogP contribution in [0.3, 0.4) is 0 Å². The van der Waals surface area contributed by atoms with E-state index in [-0.39, 0.29) is 5.91 Å². The molecule has 21 heavy (non-hydrogen) atoms. The number of nitrogens with zero attached hydrogens (tertiary/aromatic N) is 3. The van der Waals surface area contributed by atoms with E-state index in [1.807, 2.05) is 30.7 Å². The summed E-state index contributed by atoms with van der Waals surface area (Å²) in [5, 5.41) is 7.31. The minimum absolute atomic E-state index is 0.0175. The Bertz CT molecular complexity index is 646. The number of hydrogen-bond acceptors (Lipinski definition) is 3. The highest BCUT2D eigenvalue weighted by molar-refractivity contribution is 5.89. The molecule has 0 atom stereocenters. The van der Waals surface area contributed by atoms with Gasteiger partial charge < -0.3 is 5.32 Å². The predicted octanol–water partition coefficient (Wildman–Crippen LogP) is 2.79. The quantitative estimate of drug-likeness (QED) is 0.919. The molecule has 2 rings (SSSR count). The predicted molar refractivity (Wildman–Crippen MR) is 83.3 cm³/mol. The monoisotopic (exact) mass is 286 g/mol. The number of carbonyl (C=O) groups excluding carboxylic acids is 1. The van der Waals surface area contributed by atoms with Crippen molar-refractivity contribution in [3.63, 3.8) is 0 Å². The molecule has 1 N–H and O–H groups in total. The molecule has 0 bridgehead atoms. The number of anilines is 1. The van der Waals surface area contributed by atoms with Crippen molar-refractivity contribution in [2.24, 2.45) is 0 Å². The molecule has 2 aromatic heterocycles. The third-order valence-corrected chi connectivity index (χ3v) is 3.62. The summed E-state index contributed by atoms with van der Waals surface area (Å²) in [6.07, 6.45) is 2.84. The zero-order valence-electron chi connectivity index (χ0n) is 13.1. The first-order chi connectivity index (χ1) is 10.0. The standard InChI is InChI=1S/C16H22N4O/c1-5-20-13(4)14(12(3)19-20)6-7-16(21)18-15-10-11(2)8-9-17-15/h8-10H,5-7H2,1-4H3,(H,17,18,21). The maximum Gasteiger partial charge on any atom is 0.225 e. The number of rotatable bonds is 5. The van der Waals surface area contributed by atoms with E-state index in [1.54, 1.807) is 6.20 Å². The molecule has 0 spiro atoms. The summed E-state index contributed by atoms with van der Waals surface area (Å²) in [5.74, 6) is 0.592. The van der Waals surface area contributed by atoms with E-state index in [9.17, 15) is 4.79 Å². The van der Waals surface area contributed by atoms with E-state index >= 15 is 0 Å². The summed E-state index contributed by atoms with van der Waals surface area (Å²) >= 11 is 0. The Morgan fingerprint density at radius 1 is 1.33 bits per heavy atom. The fourth-order valence-electron chi connectivity index (χ4n) is 2.45. The molecule has 5 nitrogen and oxygen atoms in total. The van der Waals surface area contributed by atoms with Crippen LogP contribution >= 0.6 is 0 Å². The Morgan fingerprint density at radius 2 is 2.10 bits per heavy atom. The van der Waals surface area contributed by atoms with Gasteiger partial charge in [-0.3, -0.25) is 9.48 Å². The zero-order valence-corrected chi connectivity index (χ0v) is 13.1. The highest BCUT2D eigenvalue weighted by Crippen LogP contribution is 2.15. The van der Waals surface area contributed by atoms with E-state index in [1.165, 1.54) is 5.56 Å². The van der Waals surface area contributed by atoms with Crippen LogP contribution in [-0.4, -0.2) is 20.7 Å². The van der Waals surface area contributed by atoms with Crippen molar-refractivity contribution >= 4 is 11.7 Å². The van der Waals surface area contributed by atoms with Gasteiger partial charge in [0.2, 0.25) is 5.91 Å². The van der Waals surface area contributed by atoms with E-state index < -0.39 is 0 Å². The first kappa shape index (κ1) is 15.2. The third-order valence-electron chi connectivity index (χ3n) is 3.62. The van der Waals surface area contributed by atoms with E-state index in [0.29, 0.717) is 18.7 Å². The van der Waals surface area contributed by atoms with Crippen LogP contribution in [0.2, 0.25) is 0 Å². The minimum atomic E-state index is -0.0175. The van der Waals surface area contributed by atoms with Crippen LogP contribution in [0.25, 0.3) is 0 Å². The van der Waals surface area contributed by atoms with Crippen LogP contribution in [0.15, 0.2) is 18.3 Å². The molecule has 0 aliphatic carbocycles. The van der Waals surface area contributed by atoms with Crippen LogP contribution in [-0.2, 0) is 17.8 Å². The first-order valence-corrected chi connectivity index (χ1v) is 7.26. The molecule has 0 unspecified atom stereocenters. The number of carbonyl (C=O) groups is 1. The van der Waals surface area contributed by atoms with Gasteiger partial charge in [-0.1, -0.05) is 0 Å². The van der Waals surface area contributed by atoms with Gasteiger partial charge in [-0.25, -0.2) is 4.98 Å². The fraction of sp³-hybridized carbons (Fsp3) is 0.438. The molecule has 2 aromatic rings. The number of nitrogens with one attached hydrogen (secondary N) is 1. The van der Waals surface area contributed by atoms with Crippen molar-refractivity contribution in [3.8, 4) is 0 Å². The molecular formula is C16H22N4O. The van der Waals surface area contributed by atoms with E-state index in [4.69, 9.17) is 0 Å². The Balaban J connectivity index is 1.97. The molecular weight excluding hydrogens is 264 g/mol. The lowest BCUT2D eigenvalue weighted by atomic mass is 10.1. The molecule has 0 saturated carbocycles. The topological polar surface area (TPSA) is 59.8 Å².